The van der Waals surface area contributed by atoms with Gasteiger partial charge in [-0.2, -0.15) is 0 Å². The molecule has 1 aliphatic rings. The van der Waals surface area contributed by atoms with Crippen LogP contribution in [0.1, 0.15) is 6.42 Å². The van der Waals surface area contributed by atoms with Gasteiger partial charge in [0.1, 0.15) is 6.54 Å². The molecular formula is C18H22N4O4. The van der Waals surface area contributed by atoms with Crippen LogP contribution < -0.4 is 10.2 Å². The van der Waals surface area contributed by atoms with Crippen molar-refractivity contribution in [1.82, 2.24) is 15.1 Å². The molecule has 1 N–H and O–H groups in total. The number of hydrogen-bond donors (Lipinski definition) is 1. The third-order valence-corrected chi connectivity index (χ3v) is 3.94. The van der Waals surface area contributed by atoms with Crippen molar-refractivity contribution in [2.45, 2.75) is 6.42 Å². The van der Waals surface area contributed by atoms with Crippen LogP contribution in [0.25, 0.3) is 0 Å². The smallest absolute Gasteiger partial charge is 0.335 e. The number of imide groups is 2. The van der Waals surface area contributed by atoms with Crippen molar-refractivity contribution in [1.29, 1.82) is 0 Å². The fourth-order valence-electron chi connectivity index (χ4n) is 2.54. The number of urea groups is 1. The van der Waals surface area contributed by atoms with Crippen LogP contribution in [0.4, 0.5) is 10.5 Å². The quantitative estimate of drug-likeness (QED) is 0.302. The summed E-state index contributed by atoms with van der Waals surface area (Å²) in [5, 5.41) is 2.66. The molecule has 1 aromatic carbocycles. The van der Waals surface area contributed by atoms with Gasteiger partial charge >= 0.3 is 17.8 Å². The molecule has 1 aromatic rings. The van der Waals surface area contributed by atoms with Crippen LogP contribution in [0, 0.1) is 0 Å². The van der Waals surface area contributed by atoms with E-state index in [9.17, 15) is 19.2 Å². The Morgan fingerprint density at radius 2 is 1.81 bits per heavy atom. The van der Waals surface area contributed by atoms with Crippen LogP contribution >= 0.6 is 0 Å². The summed E-state index contributed by atoms with van der Waals surface area (Å²) in [4.78, 5) is 50.9. The van der Waals surface area contributed by atoms with Crippen molar-refractivity contribution >= 4 is 29.4 Å². The Morgan fingerprint density at radius 1 is 1.15 bits per heavy atom. The van der Waals surface area contributed by atoms with Gasteiger partial charge in [0.2, 0.25) is 5.91 Å². The van der Waals surface area contributed by atoms with E-state index in [1.807, 2.05) is 37.4 Å². The van der Waals surface area contributed by atoms with Crippen LogP contribution in [0.15, 0.2) is 43.0 Å². The Morgan fingerprint density at radius 3 is 2.46 bits per heavy atom. The normalized spacial score (nSPS) is 14.0. The van der Waals surface area contributed by atoms with Crippen molar-refractivity contribution in [3.63, 3.8) is 0 Å². The molecule has 26 heavy (non-hydrogen) atoms. The average molecular weight is 358 g/mol. The molecule has 2 rings (SSSR count). The zero-order valence-corrected chi connectivity index (χ0v) is 14.7. The van der Waals surface area contributed by atoms with E-state index in [1.54, 1.807) is 0 Å². The van der Waals surface area contributed by atoms with E-state index in [0.717, 1.165) is 17.1 Å². The highest BCUT2D eigenvalue weighted by Gasteiger charge is 2.44. The number of anilines is 1. The zero-order valence-electron chi connectivity index (χ0n) is 14.7. The first-order valence-electron chi connectivity index (χ1n) is 8.26. The molecule has 0 bridgehead atoms. The second-order valence-electron chi connectivity index (χ2n) is 5.84. The van der Waals surface area contributed by atoms with Crippen molar-refractivity contribution in [2.24, 2.45) is 0 Å². The third-order valence-electron chi connectivity index (χ3n) is 3.94. The lowest BCUT2D eigenvalue weighted by atomic mass is 10.3. The lowest BCUT2D eigenvalue weighted by Gasteiger charge is -2.19. The number of para-hydroxylation sites is 1. The Hall–Kier alpha value is -3.16. The van der Waals surface area contributed by atoms with Gasteiger partial charge in [-0.15, -0.1) is 6.58 Å². The van der Waals surface area contributed by atoms with Crippen LogP contribution in [0.2, 0.25) is 0 Å². The second-order valence-corrected chi connectivity index (χ2v) is 5.84. The highest BCUT2D eigenvalue weighted by molar-refractivity contribution is 6.45. The van der Waals surface area contributed by atoms with Crippen LogP contribution in [-0.4, -0.2) is 66.8 Å². The van der Waals surface area contributed by atoms with Crippen molar-refractivity contribution in [3.8, 4) is 0 Å². The topological polar surface area (TPSA) is 90.0 Å². The van der Waals surface area contributed by atoms with E-state index in [0.29, 0.717) is 17.9 Å². The molecular weight excluding hydrogens is 336 g/mol. The molecule has 0 atom stereocenters. The van der Waals surface area contributed by atoms with E-state index in [1.165, 1.54) is 6.08 Å². The van der Waals surface area contributed by atoms with Crippen LogP contribution in [0.5, 0.6) is 0 Å². The van der Waals surface area contributed by atoms with Gasteiger partial charge in [-0.3, -0.25) is 19.3 Å². The second kappa shape index (κ2) is 8.80. The summed E-state index contributed by atoms with van der Waals surface area (Å²) in [6, 6.07) is 9.05. The first kappa shape index (κ1) is 19.2. The summed E-state index contributed by atoms with van der Waals surface area (Å²) >= 11 is 0. The van der Waals surface area contributed by atoms with Gasteiger partial charge in [-0.1, -0.05) is 24.3 Å². The number of amides is 5. The predicted molar refractivity (Wildman–Crippen MR) is 96.4 cm³/mol. The number of hydrogen-bond acceptors (Lipinski definition) is 5. The van der Waals surface area contributed by atoms with Crippen molar-refractivity contribution in [2.75, 3.05) is 38.1 Å². The summed E-state index contributed by atoms with van der Waals surface area (Å²) in [5.74, 6) is -2.41. The average Bonchev–Trinajstić information content (AvgIpc) is 2.84. The van der Waals surface area contributed by atoms with Crippen molar-refractivity contribution in [3.05, 3.63) is 43.0 Å². The number of carbonyl (C=O) groups excluding carboxylic acids is 4. The predicted octanol–water partition coefficient (Wildman–Crippen LogP) is 0.606. The molecule has 1 aliphatic heterocycles. The van der Waals surface area contributed by atoms with E-state index in [2.05, 4.69) is 16.8 Å². The SMILES string of the molecule is C=CCN1C(=O)C(=O)N(CC(=O)NCCCN(C)c2ccccc2)C1=O. The van der Waals surface area contributed by atoms with E-state index in [-0.39, 0.29) is 6.54 Å². The number of nitrogens with one attached hydrogen (secondary N) is 1. The highest BCUT2D eigenvalue weighted by atomic mass is 16.2. The fraction of sp³-hybridized carbons (Fsp3) is 0.333. The molecule has 8 nitrogen and oxygen atoms in total. The third kappa shape index (κ3) is 4.47. The Balaban J connectivity index is 1.75. The van der Waals surface area contributed by atoms with Gasteiger partial charge in [-0.05, 0) is 18.6 Å². The molecule has 5 amide bonds. The number of benzene rings is 1. The zero-order chi connectivity index (χ0) is 19.1. The Kier molecular flexibility index (Phi) is 6.48. The summed E-state index contributed by atoms with van der Waals surface area (Å²) in [7, 11) is 1.96. The van der Waals surface area contributed by atoms with Gasteiger partial charge in [0.05, 0.1) is 0 Å². The highest BCUT2D eigenvalue weighted by Crippen LogP contribution is 2.12. The summed E-state index contributed by atoms with van der Waals surface area (Å²) in [5.41, 5.74) is 1.08. The van der Waals surface area contributed by atoms with Crippen molar-refractivity contribution < 1.29 is 19.2 Å². The maximum atomic E-state index is 12.0. The Bertz CT molecular complexity index is 704. The molecule has 8 heteroatoms. The van der Waals surface area contributed by atoms with E-state index < -0.39 is 30.3 Å². The molecule has 0 radical (unpaired) electrons. The van der Waals surface area contributed by atoms with Crippen LogP contribution in [-0.2, 0) is 14.4 Å². The summed E-state index contributed by atoms with van der Waals surface area (Å²) < 4.78 is 0. The largest absolute Gasteiger partial charge is 0.375 e. The standard InChI is InChI=1S/C18H22N4O4/c1-3-11-21-16(24)17(25)22(18(21)26)13-15(23)19-10-7-12-20(2)14-8-5-4-6-9-14/h3-6,8-9H,1,7,10-13H2,2H3,(H,19,23). The minimum atomic E-state index is -0.990. The monoisotopic (exact) mass is 358 g/mol. The number of rotatable bonds is 9. The number of nitrogens with zero attached hydrogens (tertiary/aromatic N) is 3. The van der Waals surface area contributed by atoms with Gasteiger partial charge in [0.25, 0.3) is 0 Å². The van der Waals surface area contributed by atoms with Gasteiger partial charge in [0, 0.05) is 32.4 Å². The minimum absolute atomic E-state index is 0.0622. The molecule has 1 saturated heterocycles. The van der Waals surface area contributed by atoms with Gasteiger partial charge in [-0.25, -0.2) is 9.69 Å². The molecule has 1 fully saturated rings. The van der Waals surface area contributed by atoms with E-state index in [4.69, 9.17) is 0 Å². The first-order valence-corrected chi connectivity index (χ1v) is 8.26. The first-order chi connectivity index (χ1) is 12.5. The summed E-state index contributed by atoms with van der Waals surface area (Å²) in [6.07, 6.45) is 2.04. The summed E-state index contributed by atoms with van der Waals surface area (Å²) in [6.45, 7) is 4.03. The van der Waals surface area contributed by atoms with Gasteiger partial charge in [0.15, 0.2) is 0 Å². The van der Waals surface area contributed by atoms with E-state index >= 15 is 0 Å². The maximum Gasteiger partial charge on any atom is 0.335 e. The lowest BCUT2D eigenvalue weighted by Crippen LogP contribution is -2.42. The lowest BCUT2D eigenvalue weighted by molar-refractivity contribution is -0.143. The maximum absolute atomic E-state index is 12.0. The molecule has 0 aromatic heterocycles. The van der Waals surface area contributed by atoms with Crippen LogP contribution in [0.3, 0.4) is 0 Å². The fourth-order valence-corrected chi connectivity index (χ4v) is 2.54. The molecule has 1 heterocycles. The Labute approximate surface area is 152 Å². The number of carbonyl (C=O) groups is 4. The van der Waals surface area contributed by atoms with Gasteiger partial charge < -0.3 is 10.2 Å². The molecule has 0 saturated carbocycles. The minimum Gasteiger partial charge on any atom is -0.375 e. The molecule has 138 valence electrons. The molecule has 0 spiro atoms. The molecule has 0 unspecified atom stereocenters. The molecule has 0 aliphatic carbocycles.